The highest BCUT2D eigenvalue weighted by atomic mass is 32.2. The fraction of sp³-hybridized carbons (Fsp3) is 0.394. The smallest absolute Gasteiger partial charge is 0.319 e. The van der Waals surface area contributed by atoms with E-state index in [-0.39, 0.29) is 17.8 Å². The summed E-state index contributed by atoms with van der Waals surface area (Å²) in [6, 6.07) is 12.2. The highest BCUT2D eigenvalue weighted by molar-refractivity contribution is 7.92. The van der Waals surface area contributed by atoms with Gasteiger partial charge in [0.15, 0.2) is 0 Å². The van der Waals surface area contributed by atoms with Crippen molar-refractivity contribution in [1.29, 1.82) is 0 Å². The number of nitrogens with zero attached hydrogens (tertiary/aromatic N) is 1. The number of halogens is 2. The number of carbonyl (C=O) groups excluding carboxylic acids is 2. The number of hydrogen-bond acceptors (Lipinski definition) is 6. The fourth-order valence-corrected chi connectivity index (χ4v) is 6.30. The standard InChI is InChI=1S/C33H41F2N5O5S/c1-5-6-7-25-16-23(37-33(42)38-30-17-27(32(36)41)28(34)18-29(30)35)12-13-40(25)19-22-8-10-26(11-9-22)45-31-20(2)14-24(15-21(31)3)39-46(4,43)44/h8-11,14-15,17-18,23,25,39H,5-7,12-13,16,19H2,1-4H3,(H2,36,41)(H2,37,38,42). The summed E-state index contributed by atoms with van der Waals surface area (Å²) in [5, 5.41) is 5.28. The largest absolute Gasteiger partial charge is 0.457 e. The van der Waals surface area contributed by atoms with Crippen molar-refractivity contribution in [2.24, 2.45) is 5.73 Å². The Labute approximate surface area is 268 Å². The van der Waals surface area contributed by atoms with Crippen LogP contribution < -0.4 is 25.8 Å². The van der Waals surface area contributed by atoms with Crippen LogP contribution in [0.5, 0.6) is 11.5 Å². The molecule has 0 aromatic heterocycles. The van der Waals surface area contributed by atoms with Crippen LogP contribution in [0.1, 0.15) is 66.1 Å². The average molecular weight is 658 g/mol. The van der Waals surface area contributed by atoms with Gasteiger partial charge in [-0.05, 0) is 80.1 Å². The highest BCUT2D eigenvalue weighted by Gasteiger charge is 2.29. The number of nitrogens with one attached hydrogen (secondary N) is 3. The Morgan fingerprint density at radius 2 is 1.72 bits per heavy atom. The number of benzene rings is 3. The summed E-state index contributed by atoms with van der Waals surface area (Å²) in [5.74, 6) is -1.83. The van der Waals surface area contributed by atoms with E-state index in [1.807, 2.05) is 38.1 Å². The zero-order valence-corrected chi connectivity index (χ0v) is 27.3. The second-order valence-corrected chi connectivity index (χ2v) is 13.6. The molecule has 0 bridgehead atoms. The molecule has 46 heavy (non-hydrogen) atoms. The number of primary amides is 1. The van der Waals surface area contributed by atoms with Crippen LogP contribution in [0, 0.1) is 25.5 Å². The molecule has 0 radical (unpaired) electrons. The monoisotopic (exact) mass is 657 g/mol. The van der Waals surface area contributed by atoms with Crippen molar-refractivity contribution in [1.82, 2.24) is 10.2 Å². The highest BCUT2D eigenvalue weighted by Crippen LogP contribution is 2.32. The number of nitrogens with two attached hydrogens (primary N) is 1. The molecule has 1 heterocycles. The third-order valence-electron chi connectivity index (χ3n) is 7.93. The molecule has 0 aliphatic carbocycles. The topological polar surface area (TPSA) is 143 Å². The van der Waals surface area contributed by atoms with Crippen molar-refractivity contribution >= 4 is 33.3 Å². The summed E-state index contributed by atoms with van der Waals surface area (Å²) in [5.41, 5.74) is 7.51. The molecule has 10 nitrogen and oxygen atoms in total. The van der Waals surface area contributed by atoms with Crippen molar-refractivity contribution in [3.63, 3.8) is 0 Å². The summed E-state index contributed by atoms with van der Waals surface area (Å²) < 4.78 is 60.0. The Hall–Kier alpha value is -4.23. The Balaban J connectivity index is 1.37. The molecular weight excluding hydrogens is 616 g/mol. The van der Waals surface area contributed by atoms with E-state index < -0.39 is 39.2 Å². The lowest BCUT2D eigenvalue weighted by atomic mass is 9.93. The number of ether oxygens (including phenoxy) is 1. The SMILES string of the molecule is CCCCC1CC(NC(=O)Nc2cc(C(N)=O)c(F)cc2F)CCN1Cc1ccc(Oc2c(C)cc(NS(C)(=O)=O)cc2C)cc1. The van der Waals surface area contributed by atoms with E-state index in [9.17, 15) is 26.8 Å². The molecule has 3 amide bonds. The minimum Gasteiger partial charge on any atom is -0.457 e. The van der Waals surface area contributed by atoms with Crippen molar-refractivity contribution < 1.29 is 31.5 Å². The fourth-order valence-electron chi connectivity index (χ4n) is 5.76. The van der Waals surface area contributed by atoms with Gasteiger partial charge < -0.3 is 21.1 Å². The molecule has 1 fully saturated rings. The summed E-state index contributed by atoms with van der Waals surface area (Å²) in [7, 11) is -3.39. The number of carbonyl (C=O) groups is 2. The molecule has 2 unspecified atom stereocenters. The summed E-state index contributed by atoms with van der Waals surface area (Å²) in [4.78, 5) is 26.6. The molecule has 13 heteroatoms. The van der Waals surface area contributed by atoms with E-state index in [4.69, 9.17) is 10.5 Å². The third-order valence-corrected chi connectivity index (χ3v) is 8.53. The van der Waals surface area contributed by atoms with Gasteiger partial charge in [-0.2, -0.15) is 0 Å². The van der Waals surface area contributed by atoms with Crippen LogP contribution >= 0.6 is 0 Å². The zero-order valence-electron chi connectivity index (χ0n) is 26.5. The number of aryl methyl sites for hydroxylation is 2. The minimum absolute atomic E-state index is 0.154. The van der Waals surface area contributed by atoms with Crippen LogP contribution in [0.3, 0.4) is 0 Å². The number of sulfonamides is 1. The average Bonchev–Trinajstić information content (AvgIpc) is 2.96. The molecule has 3 aromatic rings. The molecule has 1 saturated heterocycles. The molecule has 4 rings (SSSR count). The number of urea groups is 1. The first-order valence-corrected chi connectivity index (χ1v) is 17.1. The second kappa shape index (κ2) is 14.9. The number of rotatable bonds is 12. The van der Waals surface area contributed by atoms with Gasteiger partial charge >= 0.3 is 6.03 Å². The van der Waals surface area contributed by atoms with Gasteiger partial charge in [-0.25, -0.2) is 22.0 Å². The zero-order chi connectivity index (χ0) is 33.6. The van der Waals surface area contributed by atoms with Crippen molar-refractivity contribution in [2.45, 2.75) is 71.5 Å². The van der Waals surface area contributed by atoms with Gasteiger partial charge in [0.1, 0.15) is 23.1 Å². The first kappa shape index (κ1) is 34.6. The first-order valence-electron chi connectivity index (χ1n) is 15.2. The quantitative estimate of drug-likeness (QED) is 0.183. The maximum atomic E-state index is 14.3. The number of unbranched alkanes of at least 4 members (excludes halogenated alkanes) is 1. The van der Waals surface area contributed by atoms with Crippen LogP contribution in [0.4, 0.5) is 25.0 Å². The van der Waals surface area contributed by atoms with Crippen LogP contribution in [-0.4, -0.2) is 50.1 Å². The van der Waals surface area contributed by atoms with Gasteiger partial charge in [0.25, 0.3) is 5.91 Å². The Kier molecular flexibility index (Phi) is 11.2. The summed E-state index contributed by atoms with van der Waals surface area (Å²) in [6.07, 6.45) is 5.51. The lowest BCUT2D eigenvalue weighted by Gasteiger charge is -2.40. The molecule has 0 saturated carbocycles. The molecule has 1 aliphatic heterocycles. The maximum absolute atomic E-state index is 14.3. The van der Waals surface area contributed by atoms with Gasteiger partial charge in [0.2, 0.25) is 10.0 Å². The number of piperidine rings is 1. The van der Waals surface area contributed by atoms with Crippen LogP contribution in [0.2, 0.25) is 0 Å². The number of amides is 3. The van der Waals surface area contributed by atoms with Gasteiger partial charge in [-0.1, -0.05) is 31.9 Å². The van der Waals surface area contributed by atoms with E-state index in [1.165, 1.54) is 0 Å². The first-order chi connectivity index (χ1) is 21.7. The summed E-state index contributed by atoms with van der Waals surface area (Å²) >= 11 is 0. The maximum Gasteiger partial charge on any atom is 0.319 e. The lowest BCUT2D eigenvalue weighted by Crippen LogP contribution is -2.50. The van der Waals surface area contributed by atoms with Crippen molar-refractivity contribution in [2.75, 3.05) is 22.8 Å². The number of hydrogen-bond donors (Lipinski definition) is 4. The Morgan fingerprint density at radius 1 is 1.04 bits per heavy atom. The summed E-state index contributed by atoms with van der Waals surface area (Å²) in [6.45, 7) is 7.31. The molecule has 248 valence electrons. The van der Waals surface area contributed by atoms with Crippen molar-refractivity contribution in [3.8, 4) is 11.5 Å². The van der Waals surface area contributed by atoms with Crippen LogP contribution in [0.25, 0.3) is 0 Å². The number of anilines is 2. The molecule has 0 spiro atoms. The predicted molar refractivity (Wildman–Crippen MR) is 175 cm³/mol. The Morgan fingerprint density at radius 3 is 2.33 bits per heavy atom. The molecule has 3 aromatic carbocycles. The Bertz CT molecular complexity index is 1660. The molecule has 2 atom stereocenters. The molecular formula is C33H41F2N5O5S. The van der Waals surface area contributed by atoms with E-state index in [0.29, 0.717) is 42.6 Å². The molecule has 1 aliphatic rings. The van der Waals surface area contributed by atoms with E-state index >= 15 is 0 Å². The van der Waals surface area contributed by atoms with Crippen molar-refractivity contribution in [3.05, 3.63) is 82.4 Å². The van der Waals surface area contributed by atoms with Gasteiger partial charge in [0.05, 0.1) is 17.5 Å². The van der Waals surface area contributed by atoms with E-state index in [1.54, 1.807) is 12.1 Å². The van der Waals surface area contributed by atoms with E-state index in [0.717, 1.165) is 54.8 Å². The van der Waals surface area contributed by atoms with Crippen LogP contribution in [0.15, 0.2) is 48.5 Å². The van der Waals surface area contributed by atoms with Gasteiger partial charge in [0, 0.05) is 36.9 Å². The normalized spacial score (nSPS) is 16.9. The van der Waals surface area contributed by atoms with E-state index in [2.05, 4.69) is 27.2 Å². The second-order valence-electron chi connectivity index (χ2n) is 11.8. The number of likely N-dealkylation sites (tertiary alicyclic amines) is 1. The van der Waals surface area contributed by atoms with Gasteiger partial charge in [-0.3, -0.25) is 14.4 Å². The third kappa shape index (κ3) is 9.39. The van der Waals surface area contributed by atoms with Crippen LogP contribution in [-0.2, 0) is 16.6 Å². The molecule has 5 N–H and O–H groups in total. The van der Waals surface area contributed by atoms with Gasteiger partial charge in [-0.15, -0.1) is 0 Å². The minimum atomic E-state index is -3.39. The lowest BCUT2D eigenvalue weighted by molar-refractivity contribution is 0.0996. The predicted octanol–water partition coefficient (Wildman–Crippen LogP) is 6.19.